The van der Waals surface area contributed by atoms with Crippen molar-refractivity contribution in [1.29, 1.82) is 0 Å². The van der Waals surface area contributed by atoms with Crippen molar-refractivity contribution < 1.29 is 13.2 Å². The molecule has 146 valence electrons. The Morgan fingerprint density at radius 2 is 2.14 bits per heavy atom. The second kappa shape index (κ2) is 6.95. The molecule has 1 atom stereocenters. The van der Waals surface area contributed by atoms with Crippen molar-refractivity contribution in [2.45, 2.75) is 18.9 Å². The first-order valence-electron chi connectivity index (χ1n) is 8.59. The smallest absolute Gasteiger partial charge is 0.277 e. The molecule has 1 aliphatic rings. The molecule has 1 aliphatic heterocycles. The lowest BCUT2D eigenvalue weighted by atomic mass is 9.99. The molecule has 0 aliphatic carbocycles. The number of aromatic nitrogens is 4. The van der Waals surface area contributed by atoms with E-state index in [1.807, 2.05) is 0 Å². The Morgan fingerprint density at radius 1 is 1.32 bits per heavy atom. The Balaban J connectivity index is 1.79. The Bertz CT molecular complexity index is 1070. The molecule has 3 aromatic rings. The summed E-state index contributed by atoms with van der Waals surface area (Å²) in [4.78, 5) is 9.26. The summed E-state index contributed by atoms with van der Waals surface area (Å²) in [5.41, 5.74) is 13.4. The van der Waals surface area contributed by atoms with Gasteiger partial charge in [-0.25, -0.2) is 22.7 Å². The summed E-state index contributed by atoms with van der Waals surface area (Å²) in [6.07, 6.45) is 3.51. The molecule has 0 bridgehead atoms. The molecule has 4 heterocycles. The average molecular weight is 389 g/mol. The maximum absolute atomic E-state index is 14.1. The first-order valence-corrected chi connectivity index (χ1v) is 8.59. The van der Waals surface area contributed by atoms with Crippen molar-refractivity contribution in [3.05, 3.63) is 77.3 Å². The number of imidazole rings is 1. The van der Waals surface area contributed by atoms with Crippen LogP contribution in [-0.2, 0) is 6.42 Å². The molecule has 1 unspecified atom stereocenters. The molecular weight excluding hydrogens is 371 g/mol. The van der Waals surface area contributed by atoms with Crippen LogP contribution in [0, 0.1) is 5.82 Å². The van der Waals surface area contributed by atoms with Crippen molar-refractivity contribution in [3.63, 3.8) is 0 Å². The third kappa shape index (κ3) is 3.06. The Labute approximate surface area is 158 Å². The third-order valence-corrected chi connectivity index (χ3v) is 4.70. The van der Waals surface area contributed by atoms with Gasteiger partial charge >= 0.3 is 0 Å². The summed E-state index contributed by atoms with van der Waals surface area (Å²) in [7, 11) is 0. The number of aromatic amines is 1. The van der Waals surface area contributed by atoms with Gasteiger partial charge < -0.3 is 21.4 Å². The predicted molar refractivity (Wildman–Crippen MR) is 96.5 cm³/mol. The highest BCUT2D eigenvalue weighted by atomic mass is 19.3. The van der Waals surface area contributed by atoms with Crippen molar-refractivity contribution in [2.24, 2.45) is 11.5 Å². The molecule has 0 saturated heterocycles. The average Bonchev–Trinajstić information content (AvgIpc) is 3.32. The monoisotopic (exact) mass is 389 g/mol. The van der Waals surface area contributed by atoms with Crippen LogP contribution in [-0.4, -0.2) is 37.5 Å². The van der Waals surface area contributed by atoms with E-state index in [0.717, 1.165) is 11.8 Å². The summed E-state index contributed by atoms with van der Waals surface area (Å²) in [6.45, 7) is 0.501. The van der Waals surface area contributed by atoms with Crippen LogP contribution in [0.4, 0.5) is 13.2 Å². The number of hydrogen-bond acceptors (Lipinski definition) is 5. The number of pyridine rings is 1. The molecule has 28 heavy (non-hydrogen) atoms. The number of alkyl halides is 2. The Hall–Kier alpha value is -3.43. The molecule has 0 saturated carbocycles. The van der Waals surface area contributed by atoms with E-state index in [0.29, 0.717) is 29.9 Å². The number of hydrogen-bond donors (Lipinski definition) is 3. The van der Waals surface area contributed by atoms with Crippen LogP contribution in [0.3, 0.4) is 0 Å². The van der Waals surface area contributed by atoms with E-state index in [4.69, 9.17) is 11.5 Å². The molecule has 4 rings (SSSR count). The third-order valence-electron chi connectivity index (χ3n) is 4.70. The van der Waals surface area contributed by atoms with Gasteiger partial charge in [0.05, 0.1) is 29.2 Å². The van der Waals surface area contributed by atoms with Gasteiger partial charge in [0, 0.05) is 24.9 Å². The minimum atomic E-state index is -2.76. The van der Waals surface area contributed by atoms with Crippen molar-refractivity contribution in [3.8, 4) is 0 Å². The van der Waals surface area contributed by atoms with Gasteiger partial charge in [-0.3, -0.25) is 0 Å². The lowest BCUT2D eigenvalue weighted by molar-refractivity contribution is 0.188. The summed E-state index contributed by atoms with van der Waals surface area (Å²) in [5, 5.41) is 4.47. The minimum Gasteiger partial charge on any atom is -0.397 e. The van der Waals surface area contributed by atoms with Crippen molar-refractivity contribution in [1.82, 2.24) is 24.5 Å². The van der Waals surface area contributed by atoms with Gasteiger partial charge in [0.15, 0.2) is 0 Å². The standard InChI is InChI=1S/C18H18F3N7/c19-10-2-1-6-28-14(10)8-13(26-28)17-16-12(24-9-25-16)5-7-27(17)15(23)4-3-11(22)18(20)21/h1-4,6,8-9,17-18H,5,7,22-23H2,(H,24,25)/b11-3-,15-4+. The zero-order valence-electron chi connectivity index (χ0n) is 14.7. The first kappa shape index (κ1) is 18.0. The summed E-state index contributed by atoms with van der Waals surface area (Å²) in [6, 6.07) is 4.05. The fraction of sp³-hybridized carbons (Fsp3) is 0.222. The van der Waals surface area contributed by atoms with Gasteiger partial charge in [0.1, 0.15) is 17.4 Å². The fourth-order valence-electron chi connectivity index (χ4n) is 3.34. The maximum Gasteiger partial charge on any atom is 0.277 e. The molecule has 0 spiro atoms. The normalized spacial score (nSPS) is 18.1. The van der Waals surface area contributed by atoms with Crippen LogP contribution < -0.4 is 11.5 Å². The first-order chi connectivity index (χ1) is 13.5. The highest BCUT2D eigenvalue weighted by Gasteiger charge is 2.33. The number of nitrogens with one attached hydrogen (secondary N) is 1. The molecule has 0 fully saturated rings. The Kier molecular flexibility index (Phi) is 4.46. The molecule has 0 radical (unpaired) electrons. The van der Waals surface area contributed by atoms with Gasteiger partial charge in [0.2, 0.25) is 0 Å². The zero-order valence-corrected chi connectivity index (χ0v) is 14.7. The summed E-state index contributed by atoms with van der Waals surface area (Å²) < 4.78 is 40.8. The van der Waals surface area contributed by atoms with Crippen LogP contribution in [0.15, 0.2) is 54.4 Å². The second-order valence-electron chi connectivity index (χ2n) is 6.43. The highest BCUT2D eigenvalue weighted by molar-refractivity contribution is 5.50. The van der Waals surface area contributed by atoms with E-state index in [1.165, 1.54) is 16.7 Å². The number of rotatable bonds is 4. The van der Waals surface area contributed by atoms with Gasteiger partial charge in [0.25, 0.3) is 6.43 Å². The minimum absolute atomic E-state index is 0.236. The topological polar surface area (TPSA) is 101 Å². The van der Waals surface area contributed by atoms with E-state index in [-0.39, 0.29) is 5.82 Å². The van der Waals surface area contributed by atoms with E-state index in [2.05, 4.69) is 15.1 Å². The van der Waals surface area contributed by atoms with E-state index in [1.54, 1.807) is 29.6 Å². The molecule has 7 nitrogen and oxygen atoms in total. The summed E-state index contributed by atoms with van der Waals surface area (Å²) >= 11 is 0. The number of halogens is 3. The number of nitrogens with zero attached hydrogens (tertiary/aromatic N) is 4. The number of nitrogens with two attached hydrogens (primary N) is 2. The van der Waals surface area contributed by atoms with Crippen LogP contribution >= 0.6 is 0 Å². The van der Waals surface area contributed by atoms with E-state index >= 15 is 0 Å². The molecule has 3 aromatic heterocycles. The lowest BCUT2D eigenvalue weighted by Crippen LogP contribution is -2.38. The van der Waals surface area contributed by atoms with Crippen LogP contribution in [0.5, 0.6) is 0 Å². The van der Waals surface area contributed by atoms with Gasteiger partial charge in [-0.15, -0.1) is 0 Å². The van der Waals surface area contributed by atoms with E-state index < -0.39 is 24.0 Å². The Morgan fingerprint density at radius 3 is 2.89 bits per heavy atom. The molecule has 0 aromatic carbocycles. The lowest BCUT2D eigenvalue weighted by Gasteiger charge is -2.35. The fourth-order valence-corrected chi connectivity index (χ4v) is 3.34. The van der Waals surface area contributed by atoms with Crippen molar-refractivity contribution >= 4 is 5.52 Å². The largest absolute Gasteiger partial charge is 0.397 e. The molecule has 10 heteroatoms. The van der Waals surface area contributed by atoms with Crippen molar-refractivity contribution in [2.75, 3.05) is 6.54 Å². The predicted octanol–water partition coefficient (Wildman–Crippen LogP) is 2.05. The molecule has 5 N–H and O–H groups in total. The number of fused-ring (bicyclic) bond motifs is 2. The van der Waals surface area contributed by atoms with Crippen LogP contribution in [0.25, 0.3) is 5.52 Å². The number of H-pyrrole nitrogens is 1. The van der Waals surface area contributed by atoms with Gasteiger partial charge in [-0.05, 0) is 30.4 Å². The second-order valence-corrected chi connectivity index (χ2v) is 6.43. The quantitative estimate of drug-likeness (QED) is 0.593. The SMILES string of the molecule is N/C(=C\C=C(/N)N1CCc2[nH]cnc2C1c1cc2c(F)cccn2n1)C(F)F. The number of allylic oxidation sites excluding steroid dienone is 3. The van der Waals surface area contributed by atoms with E-state index in [9.17, 15) is 13.2 Å². The summed E-state index contributed by atoms with van der Waals surface area (Å²) in [5.74, 6) is -0.165. The van der Waals surface area contributed by atoms with Gasteiger partial charge in [-0.2, -0.15) is 5.10 Å². The highest BCUT2D eigenvalue weighted by Crippen LogP contribution is 2.34. The van der Waals surface area contributed by atoms with Crippen LogP contribution in [0.1, 0.15) is 23.1 Å². The maximum atomic E-state index is 14.1. The molecule has 0 amide bonds. The van der Waals surface area contributed by atoms with Gasteiger partial charge in [-0.1, -0.05) is 0 Å². The molecular formula is C18H18F3N7. The zero-order chi connectivity index (χ0) is 19.8. The van der Waals surface area contributed by atoms with Crippen LogP contribution in [0.2, 0.25) is 0 Å².